The van der Waals surface area contributed by atoms with E-state index in [1.165, 1.54) is 0 Å². The van der Waals surface area contributed by atoms with Gasteiger partial charge >= 0.3 is 0 Å². The number of carbonyl (C=O) groups excluding carboxylic acids is 1. The number of amides is 1. The maximum absolute atomic E-state index is 12.1. The number of anilines is 1. The van der Waals surface area contributed by atoms with Crippen molar-refractivity contribution in [1.82, 2.24) is 0 Å². The Bertz CT molecular complexity index is 635. The van der Waals surface area contributed by atoms with E-state index in [9.17, 15) is 4.79 Å². The minimum absolute atomic E-state index is 0.212. The second-order valence-corrected chi connectivity index (χ2v) is 5.52. The second-order valence-electron chi connectivity index (χ2n) is 5.08. The standard InChI is InChI=1S/C17H18ClNO2/c1-11-7-12(2)9-16(8-11)21-13(3)17(20)19-15-6-4-5-14(18)10-15/h4-10,13H,1-3H3,(H,19,20)/t13-/m0/s1. The molecular weight excluding hydrogens is 286 g/mol. The third-order valence-electron chi connectivity index (χ3n) is 2.97. The fourth-order valence-corrected chi connectivity index (χ4v) is 2.26. The van der Waals surface area contributed by atoms with Gasteiger partial charge in [-0.1, -0.05) is 23.7 Å². The predicted octanol–water partition coefficient (Wildman–Crippen LogP) is 4.36. The third-order valence-corrected chi connectivity index (χ3v) is 3.20. The van der Waals surface area contributed by atoms with Crippen molar-refractivity contribution < 1.29 is 9.53 Å². The minimum Gasteiger partial charge on any atom is -0.481 e. The quantitative estimate of drug-likeness (QED) is 0.911. The summed E-state index contributed by atoms with van der Waals surface area (Å²) in [7, 11) is 0. The van der Waals surface area contributed by atoms with Crippen molar-refractivity contribution in [3.8, 4) is 5.75 Å². The summed E-state index contributed by atoms with van der Waals surface area (Å²) in [5, 5.41) is 3.36. The van der Waals surface area contributed by atoms with E-state index in [1.54, 1.807) is 31.2 Å². The van der Waals surface area contributed by atoms with E-state index in [1.807, 2.05) is 26.0 Å². The Morgan fingerprint density at radius 2 is 1.81 bits per heavy atom. The number of ether oxygens (including phenoxy) is 1. The Kier molecular flexibility index (Phi) is 4.86. The number of halogens is 1. The molecule has 3 nitrogen and oxygen atoms in total. The van der Waals surface area contributed by atoms with Crippen molar-refractivity contribution in [2.45, 2.75) is 26.9 Å². The number of nitrogens with one attached hydrogen (secondary N) is 1. The molecule has 0 unspecified atom stereocenters. The van der Waals surface area contributed by atoms with Crippen LogP contribution < -0.4 is 10.1 Å². The first-order chi connectivity index (χ1) is 9.94. The highest BCUT2D eigenvalue weighted by Crippen LogP contribution is 2.19. The summed E-state index contributed by atoms with van der Waals surface area (Å²) in [5.74, 6) is 0.484. The highest BCUT2D eigenvalue weighted by Gasteiger charge is 2.15. The zero-order chi connectivity index (χ0) is 15.4. The van der Waals surface area contributed by atoms with Crippen LogP contribution in [0, 0.1) is 13.8 Å². The molecule has 4 heteroatoms. The van der Waals surface area contributed by atoms with E-state index in [2.05, 4.69) is 11.4 Å². The molecule has 0 aliphatic heterocycles. The van der Waals surface area contributed by atoms with E-state index in [0.717, 1.165) is 11.1 Å². The van der Waals surface area contributed by atoms with Gasteiger partial charge in [0, 0.05) is 10.7 Å². The number of carbonyl (C=O) groups is 1. The fourth-order valence-electron chi connectivity index (χ4n) is 2.07. The lowest BCUT2D eigenvalue weighted by molar-refractivity contribution is -0.122. The first-order valence-corrected chi connectivity index (χ1v) is 7.13. The van der Waals surface area contributed by atoms with Crippen LogP contribution in [0.3, 0.4) is 0 Å². The van der Waals surface area contributed by atoms with Crippen LogP contribution in [-0.4, -0.2) is 12.0 Å². The lowest BCUT2D eigenvalue weighted by Gasteiger charge is -2.15. The molecule has 110 valence electrons. The van der Waals surface area contributed by atoms with Crippen LogP contribution in [0.15, 0.2) is 42.5 Å². The van der Waals surface area contributed by atoms with Crippen LogP contribution in [0.25, 0.3) is 0 Å². The Morgan fingerprint density at radius 3 is 2.43 bits per heavy atom. The van der Waals surface area contributed by atoms with E-state index in [4.69, 9.17) is 16.3 Å². The van der Waals surface area contributed by atoms with Crippen LogP contribution >= 0.6 is 11.6 Å². The lowest BCUT2D eigenvalue weighted by atomic mass is 10.1. The maximum Gasteiger partial charge on any atom is 0.265 e. The highest BCUT2D eigenvalue weighted by molar-refractivity contribution is 6.30. The molecule has 0 heterocycles. The van der Waals surface area contributed by atoms with Crippen molar-refractivity contribution >= 4 is 23.2 Å². The normalized spacial score (nSPS) is 11.8. The predicted molar refractivity (Wildman–Crippen MR) is 86.1 cm³/mol. The van der Waals surface area contributed by atoms with Gasteiger partial charge in [0.05, 0.1) is 0 Å². The Labute approximate surface area is 129 Å². The van der Waals surface area contributed by atoms with E-state index < -0.39 is 6.10 Å². The average Bonchev–Trinajstić information content (AvgIpc) is 2.37. The van der Waals surface area contributed by atoms with Crippen molar-refractivity contribution in [3.05, 3.63) is 58.6 Å². The molecule has 0 bridgehead atoms. The smallest absolute Gasteiger partial charge is 0.265 e. The third kappa shape index (κ3) is 4.50. The van der Waals surface area contributed by atoms with Gasteiger partial charge in [-0.3, -0.25) is 4.79 Å². The first-order valence-electron chi connectivity index (χ1n) is 6.75. The monoisotopic (exact) mass is 303 g/mol. The largest absolute Gasteiger partial charge is 0.481 e. The first kappa shape index (κ1) is 15.4. The van der Waals surface area contributed by atoms with Crippen molar-refractivity contribution in [3.63, 3.8) is 0 Å². The van der Waals surface area contributed by atoms with Crippen LogP contribution in [-0.2, 0) is 4.79 Å². The summed E-state index contributed by atoms with van der Waals surface area (Å²) in [5.41, 5.74) is 2.86. The number of benzene rings is 2. The zero-order valence-corrected chi connectivity index (χ0v) is 13.1. The van der Waals surface area contributed by atoms with E-state index >= 15 is 0 Å². The SMILES string of the molecule is Cc1cc(C)cc(O[C@@H](C)C(=O)Nc2cccc(Cl)c2)c1. The number of hydrogen-bond acceptors (Lipinski definition) is 2. The van der Waals surface area contributed by atoms with Crippen LogP contribution in [0.1, 0.15) is 18.1 Å². The van der Waals surface area contributed by atoms with Crippen molar-refractivity contribution in [2.75, 3.05) is 5.32 Å². The van der Waals surface area contributed by atoms with E-state index in [0.29, 0.717) is 16.5 Å². The summed E-state index contributed by atoms with van der Waals surface area (Å²) < 4.78 is 5.70. The van der Waals surface area contributed by atoms with E-state index in [-0.39, 0.29) is 5.91 Å². The Balaban J connectivity index is 2.02. The molecule has 2 aromatic rings. The highest BCUT2D eigenvalue weighted by atomic mass is 35.5. The van der Waals surface area contributed by atoms with Crippen LogP contribution in [0.2, 0.25) is 5.02 Å². The average molecular weight is 304 g/mol. The minimum atomic E-state index is -0.592. The zero-order valence-electron chi connectivity index (χ0n) is 12.3. The number of aryl methyl sites for hydroxylation is 2. The molecule has 0 saturated carbocycles. The van der Waals surface area contributed by atoms with Gasteiger partial charge in [0.25, 0.3) is 5.91 Å². The molecule has 1 N–H and O–H groups in total. The van der Waals surface area contributed by atoms with Crippen molar-refractivity contribution in [2.24, 2.45) is 0 Å². The van der Waals surface area contributed by atoms with Gasteiger partial charge < -0.3 is 10.1 Å². The number of hydrogen-bond donors (Lipinski definition) is 1. The molecule has 0 saturated heterocycles. The molecule has 2 rings (SSSR count). The van der Waals surface area contributed by atoms with Gasteiger partial charge in [-0.2, -0.15) is 0 Å². The molecule has 2 aromatic carbocycles. The van der Waals surface area contributed by atoms with Gasteiger partial charge in [-0.05, 0) is 62.2 Å². The van der Waals surface area contributed by atoms with Gasteiger partial charge in [0.2, 0.25) is 0 Å². The van der Waals surface area contributed by atoms with Gasteiger partial charge in [-0.25, -0.2) is 0 Å². The Hall–Kier alpha value is -2.00. The summed E-state index contributed by atoms with van der Waals surface area (Å²) in [4.78, 5) is 12.1. The maximum atomic E-state index is 12.1. The van der Waals surface area contributed by atoms with Crippen LogP contribution in [0.5, 0.6) is 5.75 Å². The van der Waals surface area contributed by atoms with Gasteiger partial charge in [0.1, 0.15) is 5.75 Å². The van der Waals surface area contributed by atoms with Crippen LogP contribution in [0.4, 0.5) is 5.69 Å². The molecule has 1 amide bonds. The fraction of sp³-hybridized carbons (Fsp3) is 0.235. The topological polar surface area (TPSA) is 38.3 Å². The summed E-state index contributed by atoms with van der Waals surface area (Å²) in [6.45, 7) is 5.71. The molecule has 0 spiro atoms. The molecule has 0 aliphatic rings. The summed E-state index contributed by atoms with van der Waals surface area (Å²) in [6.07, 6.45) is -0.592. The molecule has 0 aromatic heterocycles. The van der Waals surface area contributed by atoms with Crippen molar-refractivity contribution in [1.29, 1.82) is 0 Å². The van der Waals surface area contributed by atoms with Gasteiger partial charge in [-0.15, -0.1) is 0 Å². The molecule has 0 fully saturated rings. The number of rotatable bonds is 4. The molecule has 1 atom stereocenters. The molecule has 0 aliphatic carbocycles. The summed E-state index contributed by atoms with van der Waals surface area (Å²) in [6, 6.07) is 12.9. The Morgan fingerprint density at radius 1 is 1.14 bits per heavy atom. The lowest BCUT2D eigenvalue weighted by Crippen LogP contribution is -2.30. The van der Waals surface area contributed by atoms with Gasteiger partial charge in [0.15, 0.2) is 6.10 Å². The molecule has 21 heavy (non-hydrogen) atoms. The second kappa shape index (κ2) is 6.64. The molecule has 0 radical (unpaired) electrons. The summed E-state index contributed by atoms with van der Waals surface area (Å²) >= 11 is 5.89. The molecular formula is C17H18ClNO2.